The summed E-state index contributed by atoms with van der Waals surface area (Å²) in [5.41, 5.74) is 1.24. The molecular formula is C15H16N2O4. The average Bonchev–Trinajstić information content (AvgIpc) is 2.50. The highest BCUT2D eigenvalue weighted by Gasteiger charge is 2.13. The van der Waals surface area contributed by atoms with E-state index in [1.54, 1.807) is 0 Å². The fourth-order valence-corrected chi connectivity index (χ4v) is 2.03. The molecule has 21 heavy (non-hydrogen) atoms. The molecule has 0 saturated heterocycles. The van der Waals surface area contributed by atoms with E-state index in [0.29, 0.717) is 5.56 Å². The first-order chi connectivity index (χ1) is 10.1. The lowest BCUT2D eigenvalue weighted by molar-refractivity contribution is -0.384. The van der Waals surface area contributed by atoms with Gasteiger partial charge in [0.05, 0.1) is 17.6 Å². The number of benzene rings is 2. The Hall–Kier alpha value is -2.44. The van der Waals surface area contributed by atoms with Gasteiger partial charge in [-0.05, 0) is 11.6 Å². The van der Waals surface area contributed by atoms with Crippen molar-refractivity contribution >= 4 is 5.69 Å². The van der Waals surface area contributed by atoms with Crippen LogP contribution >= 0.6 is 0 Å². The number of rotatable bonds is 6. The summed E-state index contributed by atoms with van der Waals surface area (Å²) in [7, 11) is 0. The van der Waals surface area contributed by atoms with Crippen molar-refractivity contribution in [3.63, 3.8) is 0 Å². The van der Waals surface area contributed by atoms with E-state index in [0.717, 1.165) is 5.56 Å². The molecule has 2 aromatic carbocycles. The van der Waals surface area contributed by atoms with Crippen molar-refractivity contribution in [1.82, 2.24) is 5.32 Å². The zero-order valence-corrected chi connectivity index (χ0v) is 11.3. The molecule has 0 radical (unpaired) electrons. The molecular weight excluding hydrogens is 272 g/mol. The molecule has 0 aliphatic heterocycles. The molecule has 0 aliphatic rings. The Morgan fingerprint density at radius 2 is 1.90 bits per heavy atom. The highest BCUT2D eigenvalue weighted by Crippen LogP contribution is 2.23. The van der Waals surface area contributed by atoms with Crippen molar-refractivity contribution in [2.75, 3.05) is 6.61 Å². The minimum absolute atomic E-state index is 0.0159. The molecule has 0 bridgehead atoms. The molecule has 110 valence electrons. The standard InChI is InChI=1S/C15H16N2O4/c18-10-14(11-4-2-1-3-5-11)16-9-12-8-13(17(20)21)6-7-15(12)19/h1-8,14,16,18-19H,9-10H2. The molecule has 3 N–H and O–H groups in total. The molecule has 1 atom stereocenters. The van der Waals surface area contributed by atoms with E-state index in [1.807, 2.05) is 30.3 Å². The van der Waals surface area contributed by atoms with Crippen molar-refractivity contribution in [3.8, 4) is 5.75 Å². The monoisotopic (exact) mass is 288 g/mol. The summed E-state index contributed by atoms with van der Waals surface area (Å²) in [6.45, 7) is 0.105. The summed E-state index contributed by atoms with van der Waals surface area (Å²) < 4.78 is 0. The van der Waals surface area contributed by atoms with E-state index in [4.69, 9.17) is 0 Å². The van der Waals surface area contributed by atoms with Gasteiger partial charge in [0.1, 0.15) is 5.75 Å². The van der Waals surface area contributed by atoms with E-state index in [9.17, 15) is 20.3 Å². The van der Waals surface area contributed by atoms with Gasteiger partial charge in [-0.2, -0.15) is 0 Å². The molecule has 0 fully saturated rings. The first-order valence-electron chi connectivity index (χ1n) is 6.47. The average molecular weight is 288 g/mol. The maximum atomic E-state index is 10.7. The molecule has 1 unspecified atom stereocenters. The molecule has 2 rings (SSSR count). The van der Waals surface area contributed by atoms with Gasteiger partial charge in [0.2, 0.25) is 0 Å². The number of nitro groups is 1. The molecule has 6 heteroatoms. The SMILES string of the molecule is O=[N+]([O-])c1ccc(O)c(CNC(CO)c2ccccc2)c1. The maximum Gasteiger partial charge on any atom is 0.270 e. The summed E-state index contributed by atoms with van der Waals surface area (Å²) in [4.78, 5) is 10.2. The largest absolute Gasteiger partial charge is 0.508 e. The van der Waals surface area contributed by atoms with Gasteiger partial charge in [0.15, 0.2) is 0 Å². The summed E-state index contributed by atoms with van der Waals surface area (Å²) in [6.07, 6.45) is 0. The van der Waals surface area contributed by atoms with Crippen LogP contribution in [0.25, 0.3) is 0 Å². The van der Waals surface area contributed by atoms with Crippen molar-refractivity contribution < 1.29 is 15.1 Å². The highest BCUT2D eigenvalue weighted by atomic mass is 16.6. The van der Waals surface area contributed by atoms with Crippen molar-refractivity contribution in [3.05, 3.63) is 69.8 Å². The predicted octanol–water partition coefficient (Wildman–Crippen LogP) is 2.12. The zero-order chi connectivity index (χ0) is 15.2. The number of phenolic OH excluding ortho intramolecular Hbond substituents is 1. The van der Waals surface area contributed by atoms with Gasteiger partial charge < -0.3 is 15.5 Å². The van der Waals surface area contributed by atoms with Crippen LogP contribution in [-0.2, 0) is 6.54 Å². The third kappa shape index (κ3) is 3.77. The van der Waals surface area contributed by atoms with Gasteiger partial charge in [-0.25, -0.2) is 0 Å². The third-order valence-corrected chi connectivity index (χ3v) is 3.20. The number of nitro benzene ring substituents is 1. The number of nitrogens with one attached hydrogen (secondary N) is 1. The lowest BCUT2D eigenvalue weighted by Crippen LogP contribution is -2.24. The lowest BCUT2D eigenvalue weighted by atomic mass is 10.1. The van der Waals surface area contributed by atoms with Crippen LogP contribution in [0.4, 0.5) is 5.69 Å². The lowest BCUT2D eigenvalue weighted by Gasteiger charge is -2.17. The molecule has 0 spiro atoms. The molecule has 0 aromatic heterocycles. The molecule has 2 aromatic rings. The van der Waals surface area contributed by atoms with Crippen LogP contribution in [-0.4, -0.2) is 21.7 Å². The van der Waals surface area contributed by atoms with Gasteiger partial charge in [0, 0.05) is 24.2 Å². The minimum Gasteiger partial charge on any atom is -0.508 e. The van der Waals surface area contributed by atoms with Crippen LogP contribution in [0.3, 0.4) is 0 Å². The third-order valence-electron chi connectivity index (χ3n) is 3.20. The number of nitrogens with zero attached hydrogens (tertiary/aromatic N) is 1. The first kappa shape index (κ1) is 15.0. The number of aliphatic hydroxyl groups excluding tert-OH is 1. The van der Waals surface area contributed by atoms with E-state index in [2.05, 4.69) is 5.32 Å². The van der Waals surface area contributed by atoms with Crippen LogP contribution in [0.5, 0.6) is 5.75 Å². The van der Waals surface area contributed by atoms with Crippen LogP contribution in [0.15, 0.2) is 48.5 Å². The number of hydrogen-bond donors (Lipinski definition) is 3. The van der Waals surface area contributed by atoms with Crippen LogP contribution < -0.4 is 5.32 Å². The van der Waals surface area contributed by atoms with Crippen LogP contribution in [0.1, 0.15) is 17.2 Å². The molecule has 6 nitrogen and oxygen atoms in total. The van der Waals surface area contributed by atoms with Crippen molar-refractivity contribution in [2.45, 2.75) is 12.6 Å². The number of hydrogen-bond acceptors (Lipinski definition) is 5. The Morgan fingerprint density at radius 1 is 1.19 bits per heavy atom. The normalized spacial score (nSPS) is 12.0. The highest BCUT2D eigenvalue weighted by molar-refractivity contribution is 5.43. The Kier molecular flexibility index (Phi) is 4.86. The Morgan fingerprint density at radius 3 is 2.52 bits per heavy atom. The minimum atomic E-state index is -0.510. The fraction of sp³-hybridized carbons (Fsp3) is 0.200. The summed E-state index contributed by atoms with van der Waals surface area (Å²) in [5.74, 6) is -0.0159. The van der Waals surface area contributed by atoms with Gasteiger partial charge >= 0.3 is 0 Å². The van der Waals surface area contributed by atoms with Gasteiger partial charge in [0.25, 0.3) is 5.69 Å². The number of non-ortho nitro benzene ring substituents is 1. The summed E-state index contributed by atoms with van der Waals surface area (Å²) in [6, 6.07) is 12.9. The number of phenols is 1. The zero-order valence-electron chi connectivity index (χ0n) is 11.3. The smallest absolute Gasteiger partial charge is 0.270 e. The number of aromatic hydroxyl groups is 1. The van der Waals surface area contributed by atoms with Gasteiger partial charge in [-0.15, -0.1) is 0 Å². The Balaban J connectivity index is 2.11. The molecule has 0 heterocycles. The Labute approximate surface area is 121 Å². The van der Waals surface area contributed by atoms with E-state index < -0.39 is 4.92 Å². The molecule has 0 aliphatic carbocycles. The summed E-state index contributed by atoms with van der Waals surface area (Å²) in [5, 5.41) is 33.0. The van der Waals surface area contributed by atoms with Gasteiger partial charge in [-0.1, -0.05) is 30.3 Å². The van der Waals surface area contributed by atoms with Gasteiger partial charge in [-0.3, -0.25) is 10.1 Å². The molecule has 0 amide bonds. The second-order valence-corrected chi connectivity index (χ2v) is 4.60. The van der Waals surface area contributed by atoms with E-state index in [1.165, 1.54) is 18.2 Å². The van der Waals surface area contributed by atoms with Crippen molar-refractivity contribution in [1.29, 1.82) is 0 Å². The van der Waals surface area contributed by atoms with Crippen molar-refractivity contribution in [2.24, 2.45) is 0 Å². The second kappa shape index (κ2) is 6.83. The number of aliphatic hydroxyl groups is 1. The first-order valence-corrected chi connectivity index (χ1v) is 6.47. The second-order valence-electron chi connectivity index (χ2n) is 4.60. The van der Waals surface area contributed by atoms with Crippen LogP contribution in [0.2, 0.25) is 0 Å². The van der Waals surface area contributed by atoms with E-state index in [-0.39, 0.29) is 30.6 Å². The summed E-state index contributed by atoms with van der Waals surface area (Å²) >= 11 is 0. The topological polar surface area (TPSA) is 95.6 Å². The molecule has 0 saturated carbocycles. The maximum absolute atomic E-state index is 10.7. The predicted molar refractivity (Wildman–Crippen MR) is 77.9 cm³/mol. The Bertz CT molecular complexity index is 616. The quantitative estimate of drug-likeness (QED) is 0.559. The fourth-order valence-electron chi connectivity index (χ4n) is 2.03. The van der Waals surface area contributed by atoms with Crippen LogP contribution in [0, 0.1) is 10.1 Å². The van der Waals surface area contributed by atoms with E-state index >= 15 is 0 Å².